The number of hydrogen-bond acceptors (Lipinski definition) is 7. The van der Waals surface area contributed by atoms with Crippen molar-refractivity contribution in [1.29, 1.82) is 0 Å². The molecule has 27 heavy (non-hydrogen) atoms. The number of benzene rings is 1. The number of nitrogens with one attached hydrogen (secondary N) is 1. The second-order valence-corrected chi connectivity index (χ2v) is 7.02. The Morgan fingerprint density at radius 2 is 1.93 bits per heavy atom. The second-order valence-electron chi connectivity index (χ2n) is 5.96. The van der Waals surface area contributed by atoms with Crippen LogP contribution in [0, 0.1) is 6.92 Å². The zero-order chi connectivity index (χ0) is 18.8. The van der Waals surface area contributed by atoms with Gasteiger partial charge in [0.25, 0.3) is 5.91 Å². The van der Waals surface area contributed by atoms with E-state index < -0.39 is 6.04 Å². The Hall–Kier alpha value is -3.26. The van der Waals surface area contributed by atoms with Crippen molar-refractivity contribution in [3.8, 4) is 22.6 Å². The van der Waals surface area contributed by atoms with Crippen LogP contribution in [0.15, 0.2) is 57.0 Å². The lowest BCUT2D eigenvalue weighted by Crippen LogP contribution is -2.26. The Balaban J connectivity index is 1.48. The zero-order valence-electron chi connectivity index (χ0n) is 14.7. The molecule has 0 fully saturated rings. The molecule has 0 aliphatic heterocycles. The Kier molecular flexibility index (Phi) is 4.55. The van der Waals surface area contributed by atoms with Crippen LogP contribution in [-0.4, -0.2) is 21.0 Å². The van der Waals surface area contributed by atoms with E-state index in [2.05, 4.69) is 20.4 Å². The fourth-order valence-corrected chi connectivity index (χ4v) is 3.17. The molecule has 136 valence electrons. The molecule has 0 saturated heterocycles. The molecule has 0 saturated carbocycles. The van der Waals surface area contributed by atoms with Crippen LogP contribution in [0.4, 0.5) is 0 Å². The number of rotatable bonds is 5. The molecule has 3 heterocycles. The zero-order valence-corrected chi connectivity index (χ0v) is 15.5. The number of carbonyl (C=O) groups excluding carboxylic acids is 1. The summed E-state index contributed by atoms with van der Waals surface area (Å²) in [4.78, 5) is 20.9. The first kappa shape index (κ1) is 17.2. The summed E-state index contributed by atoms with van der Waals surface area (Å²) in [5.41, 5.74) is 2.81. The lowest BCUT2D eigenvalue weighted by atomic mass is 10.1. The lowest BCUT2D eigenvalue weighted by Gasteiger charge is -2.07. The van der Waals surface area contributed by atoms with Gasteiger partial charge >= 0.3 is 0 Å². The highest BCUT2D eigenvalue weighted by Gasteiger charge is 2.19. The van der Waals surface area contributed by atoms with Crippen molar-refractivity contribution in [3.05, 3.63) is 64.7 Å². The van der Waals surface area contributed by atoms with E-state index in [1.54, 1.807) is 30.4 Å². The van der Waals surface area contributed by atoms with Crippen LogP contribution >= 0.6 is 11.3 Å². The molecule has 1 atom stereocenters. The molecule has 8 heteroatoms. The van der Waals surface area contributed by atoms with E-state index in [9.17, 15) is 4.79 Å². The SMILES string of the molecule is Cc1nc(-c2ccc(-c3noc([C@H](C)NC(=O)c4ccco4)n3)cc2)cs1. The van der Waals surface area contributed by atoms with Crippen molar-refractivity contribution in [2.24, 2.45) is 0 Å². The van der Waals surface area contributed by atoms with Gasteiger partial charge in [-0.3, -0.25) is 4.79 Å². The summed E-state index contributed by atoms with van der Waals surface area (Å²) in [5.74, 6) is 0.679. The largest absolute Gasteiger partial charge is 0.459 e. The van der Waals surface area contributed by atoms with E-state index >= 15 is 0 Å². The summed E-state index contributed by atoms with van der Waals surface area (Å²) in [7, 11) is 0. The summed E-state index contributed by atoms with van der Waals surface area (Å²) in [6.07, 6.45) is 1.45. The third-order valence-electron chi connectivity index (χ3n) is 3.96. The second kappa shape index (κ2) is 7.16. The van der Waals surface area contributed by atoms with E-state index in [-0.39, 0.29) is 11.7 Å². The maximum atomic E-state index is 12.0. The maximum Gasteiger partial charge on any atom is 0.287 e. The van der Waals surface area contributed by atoms with Crippen molar-refractivity contribution in [2.75, 3.05) is 0 Å². The third-order valence-corrected chi connectivity index (χ3v) is 4.74. The Morgan fingerprint density at radius 1 is 1.15 bits per heavy atom. The first-order chi connectivity index (χ1) is 13.1. The molecule has 4 aromatic rings. The summed E-state index contributed by atoms with van der Waals surface area (Å²) in [5, 5.41) is 9.83. The summed E-state index contributed by atoms with van der Waals surface area (Å²) < 4.78 is 10.4. The van der Waals surface area contributed by atoms with Crippen LogP contribution < -0.4 is 5.32 Å². The fourth-order valence-electron chi connectivity index (χ4n) is 2.55. The third kappa shape index (κ3) is 3.65. The minimum atomic E-state index is -0.443. The van der Waals surface area contributed by atoms with E-state index in [1.807, 2.05) is 36.6 Å². The van der Waals surface area contributed by atoms with Gasteiger partial charge in [-0.2, -0.15) is 4.98 Å². The van der Waals surface area contributed by atoms with E-state index in [0.717, 1.165) is 21.8 Å². The van der Waals surface area contributed by atoms with Gasteiger partial charge in [-0.05, 0) is 26.0 Å². The fraction of sp³-hybridized carbons (Fsp3) is 0.158. The Morgan fingerprint density at radius 3 is 2.59 bits per heavy atom. The number of nitrogens with zero attached hydrogens (tertiary/aromatic N) is 3. The molecule has 1 amide bonds. The topological polar surface area (TPSA) is 94.1 Å². The maximum absolute atomic E-state index is 12.0. The highest BCUT2D eigenvalue weighted by atomic mass is 32.1. The van der Waals surface area contributed by atoms with Gasteiger partial charge < -0.3 is 14.3 Å². The van der Waals surface area contributed by atoms with Crippen LogP contribution in [0.2, 0.25) is 0 Å². The molecule has 4 rings (SSSR count). The van der Waals surface area contributed by atoms with Gasteiger partial charge in [0.15, 0.2) is 5.76 Å². The summed E-state index contributed by atoms with van der Waals surface area (Å²) >= 11 is 1.62. The molecule has 0 unspecified atom stereocenters. The van der Waals surface area contributed by atoms with Crippen molar-refractivity contribution in [1.82, 2.24) is 20.4 Å². The highest BCUT2D eigenvalue weighted by molar-refractivity contribution is 7.09. The first-order valence-electron chi connectivity index (χ1n) is 8.31. The number of amides is 1. The normalized spacial score (nSPS) is 12.1. The van der Waals surface area contributed by atoms with E-state index in [1.165, 1.54) is 6.26 Å². The average molecular weight is 380 g/mol. The Bertz CT molecular complexity index is 1050. The van der Waals surface area contributed by atoms with Crippen LogP contribution in [0.5, 0.6) is 0 Å². The van der Waals surface area contributed by atoms with Gasteiger partial charge in [0, 0.05) is 16.5 Å². The van der Waals surface area contributed by atoms with Crippen LogP contribution in [0.3, 0.4) is 0 Å². The average Bonchev–Trinajstić information content (AvgIpc) is 3.43. The molecule has 1 N–H and O–H groups in total. The van der Waals surface area contributed by atoms with E-state index in [4.69, 9.17) is 8.94 Å². The van der Waals surface area contributed by atoms with Gasteiger partial charge in [0.1, 0.15) is 6.04 Å². The van der Waals surface area contributed by atoms with Crippen molar-refractivity contribution >= 4 is 17.2 Å². The minimum absolute atomic E-state index is 0.231. The molecule has 0 bridgehead atoms. The molecule has 0 radical (unpaired) electrons. The van der Waals surface area contributed by atoms with Gasteiger partial charge in [-0.15, -0.1) is 11.3 Å². The molecule has 3 aromatic heterocycles. The monoisotopic (exact) mass is 380 g/mol. The number of furan rings is 1. The quantitative estimate of drug-likeness (QED) is 0.556. The van der Waals surface area contributed by atoms with Crippen molar-refractivity contribution in [3.63, 3.8) is 0 Å². The van der Waals surface area contributed by atoms with Crippen molar-refractivity contribution < 1.29 is 13.7 Å². The van der Waals surface area contributed by atoms with Gasteiger partial charge in [0.2, 0.25) is 11.7 Å². The summed E-state index contributed by atoms with van der Waals surface area (Å²) in [6.45, 7) is 3.75. The van der Waals surface area contributed by atoms with Gasteiger partial charge in [0.05, 0.1) is 17.0 Å². The van der Waals surface area contributed by atoms with E-state index in [0.29, 0.717) is 11.7 Å². The number of aryl methyl sites for hydroxylation is 1. The first-order valence-corrected chi connectivity index (χ1v) is 9.19. The van der Waals surface area contributed by atoms with Gasteiger partial charge in [-0.1, -0.05) is 29.4 Å². The lowest BCUT2D eigenvalue weighted by molar-refractivity contribution is 0.0904. The minimum Gasteiger partial charge on any atom is -0.459 e. The highest BCUT2D eigenvalue weighted by Crippen LogP contribution is 2.25. The molecular weight excluding hydrogens is 364 g/mol. The number of aromatic nitrogens is 3. The molecule has 0 aliphatic carbocycles. The molecule has 1 aromatic carbocycles. The number of carbonyl (C=O) groups is 1. The molecular formula is C19H16N4O3S. The molecule has 7 nitrogen and oxygen atoms in total. The number of thiazole rings is 1. The van der Waals surface area contributed by atoms with Crippen LogP contribution in [-0.2, 0) is 0 Å². The predicted molar refractivity (Wildman–Crippen MR) is 100 cm³/mol. The van der Waals surface area contributed by atoms with Crippen molar-refractivity contribution in [2.45, 2.75) is 19.9 Å². The number of hydrogen-bond donors (Lipinski definition) is 1. The predicted octanol–water partition coefficient (Wildman–Crippen LogP) is 4.25. The van der Waals surface area contributed by atoms with Crippen LogP contribution in [0.1, 0.15) is 34.4 Å². The molecule has 0 spiro atoms. The molecule has 0 aliphatic rings. The summed E-state index contributed by atoms with van der Waals surface area (Å²) in [6, 6.07) is 10.6. The van der Waals surface area contributed by atoms with Crippen LogP contribution in [0.25, 0.3) is 22.6 Å². The smallest absolute Gasteiger partial charge is 0.287 e. The Labute approximate surface area is 159 Å². The van der Waals surface area contributed by atoms with Gasteiger partial charge in [-0.25, -0.2) is 4.98 Å². The standard InChI is InChI=1S/C19H16N4O3S/c1-11(20-18(24)16-4-3-9-25-16)19-22-17(23-26-19)14-7-5-13(6-8-14)15-10-27-12(2)21-15/h3-11H,1-2H3,(H,20,24)/t11-/m0/s1.